The Morgan fingerprint density at radius 2 is 1.86 bits per heavy atom. The summed E-state index contributed by atoms with van der Waals surface area (Å²) >= 11 is 0. The van der Waals surface area contributed by atoms with Crippen LogP contribution in [-0.2, 0) is 20.1 Å². The summed E-state index contributed by atoms with van der Waals surface area (Å²) in [7, 11) is 1.64. The van der Waals surface area contributed by atoms with E-state index in [-0.39, 0.29) is 11.2 Å². The lowest BCUT2D eigenvalue weighted by Gasteiger charge is -2.05. The molecule has 116 valence electrons. The minimum atomic E-state index is -0.342. The molecule has 0 aliphatic rings. The number of hydrogen-bond acceptors (Lipinski definition) is 3. The van der Waals surface area contributed by atoms with Crippen molar-refractivity contribution in [3.8, 4) is 0 Å². The van der Waals surface area contributed by atoms with Gasteiger partial charge in [-0.3, -0.25) is 18.3 Å². The number of hydrogen-bond donors (Lipinski definition) is 0. The monoisotopic (exact) mass is 301 g/mol. The molecule has 0 radical (unpaired) electrons. The highest BCUT2D eigenvalue weighted by molar-refractivity contribution is 5.76. The molecule has 3 aromatic rings. The molecule has 0 aliphatic carbocycles. The van der Waals surface area contributed by atoms with Crippen LogP contribution in [0.25, 0.3) is 16.9 Å². The molecule has 7 nitrogen and oxygen atoms in total. The first kappa shape index (κ1) is 14.4. The van der Waals surface area contributed by atoms with Crippen molar-refractivity contribution >= 4 is 16.9 Å². The number of nitrogens with zero attached hydrogens (tertiary/aromatic N) is 5. The zero-order valence-electron chi connectivity index (χ0n) is 13.3. The standard InChI is InChI=1S/C15H19N5O2/c1-6-8-19-9(3)10(4)20-11-12(16-14(19)20)17(5)15(22)18(7-2)13(11)21/h6H,1,7-8H2,2-5H3. The second kappa shape index (κ2) is 4.72. The van der Waals surface area contributed by atoms with E-state index in [4.69, 9.17) is 0 Å². The molecule has 0 saturated heterocycles. The molecule has 7 heteroatoms. The third kappa shape index (κ3) is 1.59. The maximum absolute atomic E-state index is 12.7. The summed E-state index contributed by atoms with van der Waals surface area (Å²) in [5.74, 6) is 0.658. The van der Waals surface area contributed by atoms with Crippen molar-refractivity contribution in [1.82, 2.24) is 23.1 Å². The van der Waals surface area contributed by atoms with Crippen LogP contribution >= 0.6 is 0 Å². The van der Waals surface area contributed by atoms with E-state index in [1.54, 1.807) is 20.0 Å². The average molecular weight is 301 g/mol. The zero-order valence-corrected chi connectivity index (χ0v) is 13.3. The van der Waals surface area contributed by atoms with E-state index in [2.05, 4.69) is 11.6 Å². The Morgan fingerprint density at radius 1 is 1.18 bits per heavy atom. The molecule has 3 aromatic heterocycles. The zero-order chi connectivity index (χ0) is 16.2. The summed E-state index contributed by atoms with van der Waals surface area (Å²) in [6.45, 7) is 10.4. The second-order valence-electron chi connectivity index (χ2n) is 5.38. The van der Waals surface area contributed by atoms with Crippen LogP contribution in [0, 0.1) is 13.8 Å². The quantitative estimate of drug-likeness (QED) is 0.677. The average Bonchev–Trinajstić information content (AvgIpc) is 2.98. The van der Waals surface area contributed by atoms with Gasteiger partial charge in [0.05, 0.1) is 0 Å². The van der Waals surface area contributed by atoms with Crippen LogP contribution < -0.4 is 11.2 Å². The highest BCUT2D eigenvalue weighted by Gasteiger charge is 2.21. The Morgan fingerprint density at radius 3 is 2.45 bits per heavy atom. The van der Waals surface area contributed by atoms with Crippen molar-refractivity contribution < 1.29 is 0 Å². The Labute approximate surface area is 126 Å². The number of rotatable bonds is 3. The summed E-state index contributed by atoms with van der Waals surface area (Å²) in [5.41, 5.74) is 2.19. The predicted molar refractivity (Wildman–Crippen MR) is 85.5 cm³/mol. The van der Waals surface area contributed by atoms with E-state index in [9.17, 15) is 9.59 Å². The third-order valence-corrected chi connectivity index (χ3v) is 4.26. The SMILES string of the molecule is C=CCn1c(C)c(C)n2c3c(=O)n(CC)c(=O)n(C)c3nc12. The van der Waals surface area contributed by atoms with Gasteiger partial charge in [-0.25, -0.2) is 4.79 Å². The van der Waals surface area contributed by atoms with Gasteiger partial charge in [-0.2, -0.15) is 4.98 Å². The maximum atomic E-state index is 12.7. The molecule has 0 spiro atoms. The molecule has 0 amide bonds. The van der Waals surface area contributed by atoms with Gasteiger partial charge in [0.1, 0.15) is 0 Å². The van der Waals surface area contributed by atoms with E-state index in [1.165, 1.54) is 9.13 Å². The van der Waals surface area contributed by atoms with Gasteiger partial charge in [-0.05, 0) is 20.8 Å². The van der Waals surface area contributed by atoms with Crippen LogP contribution in [0.3, 0.4) is 0 Å². The first-order valence-corrected chi connectivity index (χ1v) is 7.22. The third-order valence-electron chi connectivity index (χ3n) is 4.26. The highest BCUT2D eigenvalue weighted by Crippen LogP contribution is 2.20. The minimum Gasteiger partial charge on any atom is -0.310 e. The van der Waals surface area contributed by atoms with Crippen LogP contribution in [0.1, 0.15) is 18.3 Å². The lowest BCUT2D eigenvalue weighted by atomic mass is 10.3. The van der Waals surface area contributed by atoms with Crippen LogP contribution in [0.5, 0.6) is 0 Å². The smallest absolute Gasteiger partial charge is 0.310 e. The predicted octanol–water partition coefficient (Wildman–Crippen LogP) is 0.972. The van der Waals surface area contributed by atoms with Crippen molar-refractivity contribution in [2.75, 3.05) is 0 Å². The second-order valence-corrected chi connectivity index (χ2v) is 5.38. The van der Waals surface area contributed by atoms with Gasteiger partial charge in [-0.1, -0.05) is 6.08 Å². The molecule has 22 heavy (non-hydrogen) atoms. The number of aromatic nitrogens is 5. The summed E-state index contributed by atoms with van der Waals surface area (Å²) in [6.07, 6.45) is 1.79. The highest BCUT2D eigenvalue weighted by atomic mass is 16.2. The van der Waals surface area contributed by atoms with E-state index in [0.29, 0.717) is 30.0 Å². The fraction of sp³-hybridized carbons (Fsp3) is 0.400. The van der Waals surface area contributed by atoms with Crippen molar-refractivity contribution in [3.05, 3.63) is 44.9 Å². The number of aryl methyl sites for hydroxylation is 2. The maximum Gasteiger partial charge on any atom is 0.332 e. The molecule has 3 heterocycles. The molecule has 3 rings (SSSR count). The Bertz CT molecular complexity index is 1030. The Hall–Kier alpha value is -2.57. The molecule has 0 saturated carbocycles. The van der Waals surface area contributed by atoms with Crippen molar-refractivity contribution in [3.63, 3.8) is 0 Å². The number of allylic oxidation sites excluding steroid dienone is 1. The fourth-order valence-electron chi connectivity index (χ4n) is 2.94. The summed E-state index contributed by atoms with van der Waals surface area (Å²) < 4.78 is 6.49. The van der Waals surface area contributed by atoms with Gasteiger partial charge in [0, 0.05) is 31.5 Å². The van der Waals surface area contributed by atoms with Crippen molar-refractivity contribution in [1.29, 1.82) is 0 Å². The van der Waals surface area contributed by atoms with Gasteiger partial charge in [0.25, 0.3) is 5.56 Å². The van der Waals surface area contributed by atoms with Crippen molar-refractivity contribution in [2.45, 2.75) is 33.9 Å². The Kier molecular flexibility index (Phi) is 3.09. The van der Waals surface area contributed by atoms with Gasteiger partial charge >= 0.3 is 5.69 Å². The first-order chi connectivity index (χ1) is 10.4. The molecule has 0 aromatic carbocycles. The molecule has 0 N–H and O–H groups in total. The molecule has 0 fully saturated rings. The van der Waals surface area contributed by atoms with E-state index >= 15 is 0 Å². The fourth-order valence-corrected chi connectivity index (χ4v) is 2.94. The van der Waals surface area contributed by atoms with Gasteiger partial charge < -0.3 is 4.57 Å². The van der Waals surface area contributed by atoms with Crippen LogP contribution in [0.4, 0.5) is 0 Å². The molecule has 0 aliphatic heterocycles. The van der Waals surface area contributed by atoms with E-state index in [1.807, 2.05) is 22.8 Å². The van der Waals surface area contributed by atoms with Crippen LogP contribution in [0.2, 0.25) is 0 Å². The van der Waals surface area contributed by atoms with Gasteiger partial charge in [0.15, 0.2) is 11.2 Å². The topological polar surface area (TPSA) is 66.2 Å². The summed E-state index contributed by atoms with van der Waals surface area (Å²) in [6, 6.07) is 0. The van der Waals surface area contributed by atoms with Crippen LogP contribution in [-0.4, -0.2) is 23.1 Å². The molecular weight excluding hydrogens is 282 g/mol. The molecule has 0 bridgehead atoms. The lowest BCUT2D eigenvalue weighted by molar-refractivity contribution is 0.636. The number of imidazole rings is 2. The normalized spacial score (nSPS) is 11.6. The van der Waals surface area contributed by atoms with E-state index in [0.717, 1.165) is 11.4 Å². The van der Waals surface area contributed by atoms with E-state index < -0.39 is 0 Å². The number of fused-ring (bicyclic) bond motifs is 3. The minimum absolute atomic E-state index is 0.299. The first-order valence-electron chi connectivity index (χ1n) is 7.22. The summed E-state index contributed by atoms with van der Waals surface area (Å²) in [5, 5.41) is 0. The molecule has 0 unspecified atom stereocenters. The van der Waals surface area contributed by atoms with Crippen LogP contribution in [0.15, 0.2) is 22.2 Å². The lowest BCUT2D eigenvalue weighted by Crippen LogP contribution is -2.38. The largest absolute Gasteiger partial charge is 0.332 e. The van der Waals surface area contributed by atoms with Gasteiger partial charge in [-0.15, -0.1) is 6.58 Å². The Balaban J connectivity index is 2.64. The van der Waals surface area contributed by atoms with Gasteiger partial charge in [0.2, 0.25) is 5.78 Å². The molecule has 0 atom stereocenters. The summed E-state index contributed by atoms with van der Waals surface area (Å²) in [4.78, 5) is 29.5. The molecular formula is C15H19N5O2. The van der Waals surface area contributed by atoms with Crippen molar-refractivity contribution in [2.24, 2.45) is 7.05 Å².